The van der Waals surface area contributed by atoms with Crippen LogP contribution < -0.4 is 5.43 Å². The summed E-state index contributed by atoms with van der Waals surface area (Å²) in [6.07, 6.45) is 6.36. The van der Waals surface area contributed by atoms with Gasteiger partial charge in [0.15, 0.2) is 0 Å². The van der Waals surface area contributed by atoms with Crippen molar-refractivity contribution in [1.29, 1.82) is 0 Å². The van der Waals surface area contributed by atoms with E-state index in [1.807, 2.05) is 36.4 Å². The number of amides is 1. The van der Waals surface area contributed by atoms with Crippen LogP contribution >= 0.6 is 0 Å². The molecule has 2 N–H and O–H groups in total. The quantitative estimate of drug-likeness (QED) is 0.624. The number of nitrogens with zero attached hydrogens (tertiary/aromatic N) is 3. The van der Waals surface area contributed by atoms with Gasteiger partial charge in [-0.1, -0.05) is 36.4 Å². The molecule has 0 saturated carbocycles. The smallest absolute Gasteiger partial charge is 0.264 e. The number of allylic oxidation sites excluding steroid dienone is 1. The summed E-state index contributed by atoms with van der Waals surface area (Å²) >= 11 is 0. The molecule has 6 heteroatoms. The van der Waals surface area contributed by atoms with E-state index in [1.54, 1.807) is 6.08 Å². The molecule has 0 saturated heterocycles. The predicted octanol–water partition coefficient (Wildman–Crippen LogP) is 1.23. The maximum Gasteiger partial charge on any atom is 0.308 e. The molecule has 6 nitrogen and oxygen atoms in total. The van der Waals surface area contributed by atoms with Crippen molar-refractivity contribution in [2.45, 2.75) is 0 Å². The second-order valence-corrected chi connectivity index (χ2v) is 3.32. The summed E-state index contributed by atoms with van der Waals surface area (Å²) in [6.45, 7) is 0. The van der Waals surface area contributed by atoms with Crippen LogP contribution in [-0.4, -0.2) is 27.3 Å². The van der Waals surface area contributed by atoms with Gasteiger partial charge in [-0.05, 0) is 11.6 Å². The van der Waals surface area contributed by atoms with Crippen molar-refractivity contribution in [3.63, 3.8) is 0 Å². The van der Waals surface area contributed by atoms with Crippen LogP contribution in [0.2, 0.25) is 0 Å². The van der Waals surface area contributed by atoms with Crippen LogP contribution in [0.5, 0.6) is 0 Å². The summed E-state index contributed by atoms with van der Waals surface area (Å²) in [6, 6.07) is 9.78. The van der Waals surface area contributed by atoms with Gasteiger partial charge in [-0.3, -0.25) is 9.89 Å². The largest absolute Gasteiger partial charge is 0.308 e. The molecule has 0 aliphatic heterocycles. The van der Waals surface area contributed by atoms with Gasteiger partial charge in [-0.25, -0.2) is 10.4 Å². The van der Waals surface area contributed by atoms with Crippen molar-refractivity contribution in [2.24, 2.45) is 5.10 Å². The number of benzene rings is 1. The molecule has 1 aromatic heterocycles. The summed E-state index contributed by atoms with van der Waals surface area (Å²) in [4.78, 5) is 15.0. The van der Waals surface area contributed by atoms with Gasteiger partial charge in [-0.15, -0.1) is 0 Å². The fourth-order valence-corrected chi connectivity index (χ4v) is 1.23. The first-order chi connectivity index (χ1) is 8.86. The summed E-state index contributed by atoms with van der Waals surface area (Å²) < 4.78 is 0. The van der Waals surface area contributed by atoms with Gasteiger partial charge in [0, 0.05) is 6.21 Å². The molecule has 1 amide bonds. The fourth-order valence-electron chi connectivity index (χ4n) is 1.23. The molecule has 2 rings (SSSR count). The molecule has 0 unspecified atom stereocenters. The van der Waals surface area contributed by atoms with E-state index in [9.17, 15) is 4.79 Å². The van der Waals surface area contributed by atoms with Crippen LogP contribution in [0.15, 0.2) is 47.8 Å². The third-order valence-corrected chi connectivity index (χ3v) is 2.05. The lowest BCUT2D eigenvalue weighted by atomic mass is 10.2. The van der Waals surface area contributed by atoms with E-state index < -0.39 is 5.91 Å². The molecule has 1 aromatic carbocycles. The third kappa shape index (κ3) is 3.38. The monoisotopic (exact) mass is 241 g/mol. The van der Waals surface area contributed by atoms with Crippen LogP contribution in [0.4, 0.5) is 0 Å². The Kier molecular flexibility index (Phi) is 3.97. The summed E-state index contributed by atoms with van der Waals surface area (Å²) in [5.74, 6) is -0.309. The minimum absolute atomic E-state index is 0.124. The Labute approximate surface area is 103 Å². The highest BCUT2D eigenvalue weighted by Gasteiger charge is 2.05. The van der Waals surface area contributed by atoms with Crippen molar-refractivity contribution in [3.8, 4) is 0 Å². The predicted molar refractivity (Wildman–Crippen MR) is 67.8 cm³/mol. The lowest BCUT2D eigenvalue weighted by Crippen LogP contribution is -2.18. The Bertz CT molecular complexity index is 545. The fraction of sp³-hybridized carbons (Fsp3) is 0. The van der Waals surface area contributed by atoms with Gasteiger partial charge >= 0.3 is 5.91 Å². The summed E-state index contributed by atoms with van der Waals surface area (Å²) in [5, 5.41) is 9.75. The van der Waals surface area contributed by atoms with E-state index in [0.29, 0.717) is 0 Å². The Morgan fingerprint density at radius 1 is 1.33 bits per heavy atom. The lowest BCUT2D eigenvalue weighted by Gasteiger charge is -1.92. The first kappa shape index (κ1) is 11.7. The molecule has 0 fully saturated rings. The average Bonchev–Trinajstić information content (AvgIpc) is 2.93. The number of hydrogen-bond donors (Lipinski definition) is 2. The maximum absolute atomic E-state index is 11.4. The van der Waals surface area contributed by atoms with Gasteiger partial charge in [-0.2, -0.15) is 10.2 Å². The molecule has 0 aliphatic rings. The van der Waals surface area contributed by atoms with Crippen molar-refractivity contribution in [2.75, 3.05) is 0 Å². The van der Waals surface area contributed by atoms with Gasteiger partial charge < -0.3 is 0 Å². The molecular weight excluding hydrogens is 230 g/mol. The minimum atomic E-state index is -0.433. The third-order valence-electron chi connectivity index (χ3n) is 2.05. The van der Waals surface area contributed by atoms with Crippen LogP contribution in [-0.2, 0) is 0 Å². The number of H-pyrrole nitrogens is 1. The number of aromatic nitrogens is 3. The van der Waals surface area contributed by atoms with Crippen LogP contribution in [0, 0.1) is 0 Å². The Morgan fingerprint density at radius 2 is 2.17 bits per heavy atom. The van der Waals surface area contributed by atoms with E-state index in [0.717, 1.165) is 5.56 Å². The zero-order valence-corrected chi connectivity index (χ0v) is 9.45. The van der Waals surface area contributed by atoms with Crippen molar-refractivity contribution in [3.05, 3.63) is 54.1 Å². The molecule has 0 aliphatic carbocycles. The van der Waals surface area contributed by atoms with Crippen molar-refractivity contribution >= 4 is 18.2 Å². The van der Waals surface area contributed by atoms with Gasteiger partial charge in [0.05, 0.1) is 0 Å². The Hall–Kier alpha value is -2.76. The van der Waals surface area contributed by atoms with Gasteiger partial charge in [0.2, 0.25) is 5.82 Å². The average molecular weight is 241 g/mol. The molecule has 0 spiro atoms. The molecule has 2 aromatic rings. The molecular formula is C12H11N5O. The zero-order valence-electron chi connectivity index (χ0n) is 9.45. The van der Waals surface area contributed by atoms with E-state index in [-0.39, 0.29) is 5.82 Å². The summed E-state index contributed by atoms with van der Waals surface area (Å²) in [7, 11) is 0. The maximum atomic E-state index is 11.4. The van der Waals surface area contributed by atoms with E-state index in [4.69, 9.17) is 0 Å². The number of rotatable bonds is 4. The topological polar surface area (TPSA) is 83.0 Å². The molecule has 0 atom stereocenters. The molecule has 1 heterocycles. The Morgan fingerprint density at radius 3 is 2.89 bits per heavy atom. The van der Waals surface area contributed by atoms with E-state index in [1.165, 1.54) is 12.5 Å². The lowest BCUT2D eigenvalue weighted by molar-refractivity contribution is 0.0945. The van der Waals surface area contributed by atoms with Crippen LogP contribution in [0.25, 0.3) is 6.08 Å². The van der Waals surface area contributed by atoms with Crippen molar-refractivity contribution < 1.29 is 4.79 Å². The number of aromatic amines is 1. The normalized spacial score (nSPS) is 11.1. The number of hydrogen-bond acceptors (Lipinski definition) is 4. The second-order valence-electron chi connectivity index (χ2n) is 3.32. The van der Waals surface area contributed by atoms with E-state index >= 15 is 0 Å². The summed E-state index contributed by atoms with van der Waals surface area (Å²) in [5.41, 5.74) is 3.38. The highest BCUT2D eigenvalue weighted by Crippen LogP contribution is 1.99. The Balaban J connectivity index is 1.82. The highest BCUT2D eigenvalue weighted by atomic mass is 16.2. The first-order valence-electron chi connectivity index (χ1n) is 5.27. The number of carbonyl (C=O) groups is 1. The van der Waals surface area contributed by atoms with E-state index in [2.05, 4.69) is 25.7 Å². The highest BCUT2D eigenvalue weighted by molar-refractivity contribution is 5.91. The second kappa shape index (κ2) is 6.09. The molecule has 90 valence electrons. The molecule has 0 bridgehead atoms. The van der Waals surface area contributed by atoms with Crippen LogP contribution in [0.3, 0.4) is 0 Å². The van der Waals surface area contributed by atoms with Gasteiger partial charge in [0.25, 0.3) is 0 Å². The minimum Gasteiger partial charge on any atom is -0.264 e. The SMILES string of the molecule is O=C(N/N=C\C=C\c1ccccc1)c1ncn[nH]1. The first-order valence-corrected chi connectivity index (χ1v) is 5.27. The van der Waals surface area contributed by atoms with Crippen molar-refractivity contribution in [1.82, 2.24) is 20.6 Å². The number of nitrogens with one attached hydrogen (secondary N) is 2. The number of hydrazone groups is 1. The molecule has 0 radical (unpaired) electrons. The van der Waals surface area contributed by atoms with Gasteiger partial charge in [0.1, 0.15) is 6.33 Å². The molecule has 18 heavy (non-hydrogen) atoms. The zero-order chi connectivity index (χ0) is 12.6. The van der Waals surface area contributed by atoms with Crippen LogP contribution in [0.1, 0.15) is 16.2 Å². The standard InChI is InChI=1S/C12H11N5O/c18-12(11-13-9-15-16-11)17-14-8-4-7-10-5-2-1-3-6-10/h1-9H,(H,17,18)(H,13,15,16)/b7-4+,14-8-. The number of carbonyl (C=O) groups excluding carboxylic acids is 1.